The van der Waals surface area contributed by atoms with Gasteiger partial charge in [-0.15, -0.1) is 0 Å². The molecular weight excluding hydrogens is 454 g/mol. The quantitative estimate of drug-likeness (QED) is 0.395. The minimum Gasteiger partial charge on any atom is -0.496 e. The van der Waals surface area contributed by atoms with E-state index in [9.17, 15) is 19.7 Å². The van der Waals surface area contributed by atoms with Crippen molar-refractivity contribution in [3.8, 4) is 5.75 Å². The molecule has 9 heteroatoms. The first-order valence-electron chi connectivity index (χ1n) is 8.69. The van der Waals surface area contributed by atoms with Crippen molar-refractivity contribution >= 4 is 44.8 Å². The molecule has 152 valence electrons. The molecule has 2 amide bonds. The number of nitro benzene ring substituents is 1. The molecular formula is C21H16BrN3O5. The summed E-state index contributed by atoms with van der Waals surface area (Å²) in [5.41, 5.74) is 0.827. The molecule has 2 N–H and O–H groups in total. The predicted octanol–water partition coefficient (Wildman–Crippen LogP) is 4.87. The molecule has 0 radical (unpaired) electrons. The molecule has 3 rings (SSSR count). The van der Waals surface area contributed by atoms with Gasteiger partial charge in [0.1, 0.15) is 11.4 Å². The molecule has 0 heterocycles. The number of carbonyl (C=O) groups is 2. The van der Waals surface area contributed by atoms with Crippen molar-refractivity contribution in [2.75, 3.05) is 17.7 Å². The van der Waals surface area contributed by atoms with Gasteiger partial charge in [-0.3, -0.25) is 19.7 Å². The number of benzene rings is 3. The van der Waals surface area contributed by atoms with Crippen molar-refractivity contribution in [2.24, 2.45) is 0 Å². The summed E-state index contributed by atoms with van der Waals surface area (Å²) in [5.74, 6) is -0.595. The summed E-state index contributed by atoms with van der Waals surface area (Å²) in [4.78, 5) is 35.8. The lowest BCUT2D eigenvalue weighted by atomic mass is 10.1. The first-order chi connectivity index (χ1) is 14.4. The standard InChI is InChI=1S/C21H16BrN3O5/c1-30-15-9-10-18(19(12-15)25(28)29)24-20(26)13-5-4-6-14(11-13)23-21(27)16-7-2-3-8-17(16)22/h2-12H,1H3,(H,23,27)(H,24,26). The zero-order valence-electron chi connectivity index (χ0n) is 15.7. The molecule has 0 saturated heterocycles. The minimum absolute atomic E-state index is 0.0356. The van der Waals surface area contributed by atoms with Crippen molar-refractivity contribution in [1.29, 1.82) is 0 Å². The molecule has 0 unspecified atom stereocenters. The van der Waals surface area contributed by atoms with Crippen LogP contribution in [0.2, 0.25) is 0 Å². The summed E-state index contributed by atoms with van der Waals surface area (Å²) in [6.07, 6.45) is 0. The van der Waals surface area contributed by atoms with E-state index >= 15 is 0 Å². The van der Waals surface area contributed by atoms with Gasteiger partial charge in [0.2, 0.25) is 0 Å². The van der Waals surface area contributed by atoms with Crippen molar-refractivity contribution in [3.05, 3.63) is 92.4 Å². The number of nitrogens with zero attached hydrogens (tertiary/aromatic N) is 1. The average Bonchev–Trinajstić information content (AvgIpc) is 2.74. The molecule has 30 heavy (non-hydrogen) atoms. The minimum atomic E-state index is -0.605. The Labute approximate surface area is 180 Å². The Kier molecular flexibility index (Phi) is 6.43. The summed E-state index contributed by atoms with van der Waals surface area (Å²) in [6.45, 7) is 0. The topological polar surface area (TPSA) is 111 Å². The fourth-order valence-electron chi connectivity index (χ4n) is 2.67. The molecule has 0 bridgehead atoms. The van der Waals surface area contributed by atoms with Gasteiger partial charge in [0.25, 0.3) is 17.5 Å². The number of ether oxygens (including phenoxy) is 1. The number of carbonyl (C=O) groups excluding carboxylic acids is 2. The second-order valence-corrected chi connectivity index (χ2v) is 6.96. The molecule has 0 aliphatic carbocycles. The molecule has 8 nitrogen and oxygen atoms in total. The summed E-state index contributed by atoms with van der Waals surface area (Å²) in [7, 11) is 1.39. The van der Waals surface area contributed by atoms with Gasteiger partial charge >= 0.3 is 0 Å². The van der Waals surface area contributed by atoms with Crippen LogP contribution in [0.4, 0.5) is 17.1 Å². The van der Waals surface area contributed by atoms with E-state index in [0.29, 0.717) is 21.5 Å². The van der Waals surface area contributed by atoms with Gasteiger partial charge in [-0.25, -0.2) is 0 Å². The highest BCUT2D eigenvalue weighted by Gasteiger charge is 2.18. The second kappa shape index (κ2) is 9.19. The number of nitrogens with one attached hydrogen (secondary N) is 2. The predicted molar refractivity (Wildman–Crippen MR) is 116 cm³/mol. The Hall–Kier alpha value is -3.72. The highest BCUT2D eigenvalue weighted by atomic mass is 79.9. The van der Waals surface area contributed by atoms with E-state index in [0.717, 1.165) is 0 Å². The van der Waals surface area contributed by atoms with Crippen molar-refractivity contribution in [3.63, 3.8) is 0 Å². The zero-order chi connectivity index (χ0) is 21.7. The lowest BCUT2D eigenvalue weighted by Crippen LogP contribution is -2.15. The molecule has 0 atom stereocenters. The largest absolute Gasteiger partial charge is 0.496 e. The molecule has 0 aliphatic heterocycles. The molecule has 3 aromatic carbocycles. The maximum Gasteiger partial charge on any atom is 0.296 e. The van der Waals surface area contributed by atoms with Crippen LogP contribution < -0.4 is 15.4 Å². The zero-order valence-corrected chi connectivity index (χ0v) is 17.3. The van der Waals surface area contributed by atoms with E-state index < -0.39 is 10.8 Å². The summed E-state index contributed by atoms with van der Waals surface area (Å²) >= 11 is 3.32. The molecule has 0 fully saturated rings. The van der Waals surface area contributed by atoms with E-state index in [4.69, 9.17) is 4.74 Å². The fraction of sp³-hybridized carbons (Fsp3) is 0.0476. The highest BCUT2D eigenvalue weighted by Crippen LogP contribution is 2.29. The normalized spacial score (nSPS) is 10.2. The average molecular weight is 470 g/mol. The number of hydrogen-bond acceptors (Lipinski definition) is 5. The third kappa shape index (κ3) is 4.81. The number of amides is 2. The Morgan fingerprint density at radius 3 is 2.43 bits per heavy atom. The lowest BCUT2D eigenvalue weighted by molar-refractivity contribution is -0.384. The van der Waals surface area contributed by atoms with Gasteiger partial charge in [0.15, 0.2) is 0 Å². The van der Waals surface area contributed by atoms with Crippen LogP contribution in [0.3, 0.4) is 0 Å². The van der Waals surface area contributed by atoms with Gasteiger partial charge in [0, 0.05) is 15.7 Å². The highest BCUT2D eigenvalue weighted by molar-refractivity contribution is 9.10. The maximum absolute atomic E-state index is 12.6. The van der Waals surface area contributed by atoms with Crippen LogP contribution in [0, 0.1) is 10.1 Å². The van der Waals surface area contributed by atoms with Crippen LogP contribution in [0.25, 0.3) is 0 Å². The first kappa shape index (κ1) is 21.0. The number of hydrogen-bond donors (Lipinski definition) is 2. The first-order valence-corrected chi connectivity index (χ1v) is 9.48. The number of methoxy groups -OCH3 is 1. The molecule has 0 aliphatic rings. The maximum atomic E-state index is 12.6. The van der Waals surface area contributed by atoms with Gasteiger partial charge in [-0.1, -0.05) is 18.2 Å². The van der Waals surface area contributed by atoms with Gasteiger partial charge in [-0.05, 0) is 58.4 Å². The van der Waals surface area contributed by atoms with Crippen LogP contribution >= 0.6 is 15.9 Å². The van der Waals surface area contributed by atoms with Crippen LogP contribution in [0.5, 0.6) is 5.75 Å². The third-order valence-corrected chi connectivity index (χ3v) is 4.84. The van der Waals surface area contributed by atoms with E-state index in [-0.39, 0.29) is 22.8 Å². The van der Waals surface area contributed by atoms with E-state index in [2.05, 4.69) is 26.6 Å². The van der Waals surface area contributed by atoms with Crippen molar-refractivity contribution in [2.45, 2.75) is 0 Å². The van der Waals surface area contributed by atoms with Gasteiger partial charge in [0.05, 0.1) is 23.7 Å². The van der Waals surface area contributed by atoms with Crippen LogP contribution in [0.1, 0.15) is 20.7 Å². The van der Waals surface area contributed by atoms with Crippen molar-refractivity contribution < 1.29 is 19.2 Å². The SMILES string of the molecule is COc1ccc(NC(=O)c2cccc(NC(=O)c3ccccc3Br)c2)c([N+](=O)[O-])c1. The molecule has 3 aromatic rings. The summed E-state index contributed by atoms with van der Waals surface area (Å²) in [5, 5.41) is 16.5. The fourth-order valence-corrected chi connectivity index (χ4v) is 3.14. The number of anilines is 2. The monoisotopic (exact) mass is 469 g/mol. The van der Waals surface area contributed by atoms with Crippen LogP contribution in [-0.2, 0) is 0 Å². The number of rotatable bonds is 6. The van der Waals surface area contributed by atoms with Gasteiger partial charge < -0.3 is 15.4 Å². The molecule has 0 aromatic heterocycles. The van der Waals surface area contributed by atoms with E-state index in [1.807, 2.05) is 0 Å². The Bertz CT molecular complexity index is 1130. The molecule has 0 saturated carbocycles. The number of halogens is 1. The number of nitro groups is 1. The smallest absolute Gasteiger partial charge is 0.296 e. The summed E-state index contributed by atoms with van der Waals surface area (Å²) in [6, 6.07) is 17.4. The van der Waals surface area contributed by atoms with Crippen LogP contribution in [0.15, 0.2) is 71.2 Å². The second-order valence-electron chi connectivity index (χ2n) is 6.11. The molecule has 0 spiro atoms. The summed E-state index contributed by atoms with van der Waals surface area (Å²) < 4.78 is 5.63. The Morgan fingerprint density at radius 2 is 1.73 bits per heavy atom. The van der Waals surface area contributed by atoms with Crippen LogP contribution in [-0.4, -0.2) is 23.8 Å². The van der Waals surface area contributed by atoms with E-state index in [1.165, 1.54) is 31.4 Å². The Balaban J connectivity index is 1.79. The Morgan fingerprint density at radius 1 is 0.967 bits per heavy atom. The van der Waals surface area contributed by atoms with Crippen molar-refractivity contribution in [1.82, 2.24) is 0 Å². The lowest BCUT2D eigenvalue weighted by Gasteiger charge is -2.10. The van der Waals surface area contributed by atoms with E-state index in [1.54, 1.807) is 42.5 Å². The third-order valence-electron chi connectivity index (χ3n) is 4.15. The van der Waals surface area contributed by atoms with Gasteiger partial charge in [-0.2, -0.15) is 0 Å².